The molecule has 1 amide bonds. The fourth-order valence-electron chi connectivity index (χ4n) is 4.89. The van der Waals surface area contributed by atoms with Gasteiger partial charge in [-0.05, 0) is 67.6 Å². The lowest BCUT2D eigenvalue weighted by atomic mass is 9.96. The molecule has 9 nitrogen and oxygen atoms in total. The van der Waals surface area contributed by atoms with Gasteiger partial charge in [0.05, 0.1) is 17.9 Å². The number of aromatic nitrogens is 2. The lowest BCUT2D eigenvalue weighted by Crippen LogP contribution is -2.41. The second-order valence-corrected chi connectivity index (χ2v) is 14.3. The summed E-state index contributed by atoms with van der Waals surface area (Å²) in [6.45, 7) is 11.0. The fraction of sp³-hybridized carbons (Fsp3) is 0.393. The van der Waals surface area contributed by atoms with Crippen molar-refractivity contribution in [3.63, 3.8) is 0 Å². The molecule has 0 saturated carbocycles. The molecular formula is C28H33FN5O4SSi. The number of carbonyl (C=O) groups is 1. The summed E-state index contributed by atoms with van der Waals surface area (Å²) in [5, 5.41) is -0.668. The minimum atomic E-state index is -4.32. The van der Waals surface area contributed by atoms with E-state index in [1.54, 1.807) is 12.1 Å². The molecule has 1 aliphatic rings. The third kappa shape index (κ3) is 6.61. The summed E-state index contributed by atoms with van der Waals surface area (Å²) in [6, 6.07) is 11.5. The Morgan fingerprint density at radius 3 is 2.52 bits per heavy atom. The highest BCUT2D eigenvalue weighted by molar-refractivity contribution is 7.90. The van der Waals surface area contributed by atoms with Crippen LogP contribution in [-0.4, -0.2) is 53.2 Å². The predicted molar refractivity (Wildman–Crippen MR) is 153 cm³/mol. The zero-order valence-corrected chi connectivity index (χ0v) is 25.0. The number of nitrogen functional groups attached to an aromatic ring is 1. The van der Waals surface area contributed by atoms with Gasteiger partial charge in [0, 0.05) is 34.0 Å². The summed E-state index contributed by atoms with van der Waals surface area (Å²) in [7, 11) is -0.498. The highest BCUT2D eigenvalue weighted by Gasteiger charge is 2.45. The number of nitrogens with one attached hydrogen (secondary N) is 1. The van der Waals surface area contributed by atoms with Gasteiger partial charge in [0.1, 0.15) is 23.2 Å². The largest absolute Gasteiger partial charge is 0.493 e. The van der Waals surface area contributed by atoms with Crippen molar-refractivity contribution >= 4 is 37.8 Å². The summed E-state index contributed by atoms with van der Waals surface area (Å²) in [6.07, 6.45) is 0.725. The van der Waals surface area contributed by atoms with Gasteiger partial charge in [-0.3, -0.25) is 4.79 Å². The molecule has 3 N–H and O–H groups in total. The van der Waals surface area contributed by atoms with Gasteiger partial charge in [0.15, 0.2) is 5.03 Å². The molecule has 12 heteroatoms. The first-order valence-corrected chi connectivity index (χ1v) is 14.8. The van der Waals surface area contributed by atoms with Crippen molar-refractivity contribution in [3.8, 4) is 17.0 Å². The highest BCUT2D eigenvalue weighted by Crippen LogP contribution is 2.47. The number of halogens is 1. The lowest BCUT2D eigenvalue weighted by Gasteiger charge is -2.34. The SMILES string of the molecule is CC(C)COc1cc(F)cc(-c2ccc(C(=O)NS(=O)(=O)c3cccc(N)n3)c(N3C[C@](C)([Si])CC3(C)C)n2)c1. The normalized spacial score (nSPS) is 18.6. The molecule has 3 heterocycles. The zero-order valence-electron chi connectivity index (χ0n) is 23.2. The van der Waals surface area contributed by atoms with Crippen LogP contribution in [0.15, 0.2) is 53.6 Å². The Morgan fingerprint density at radius 2 is 1.90 bits per heavy atom. The van der Waals surface area contributed by atoms with Crippen LogP contribution in [0, 0.1) is 11.7 Å². The molecule has 3 radical (unpaired) electrons. The van der Waals surface area contributed by atoms with E-state index in [4.69, 9.17) is 15.5 Å². The molecule has 1 aromatic carbocycles. The van der Waals surface area contributed by atoms with Crippen molar-refractivity contribution in [2.45, 2.75) is 56.6 Å². The third-order valence-corrected chi connectivity index (χ3v) is 8.00. The van der Waals surface area contributed by atoms with Crippen LogP contribution in [0.4, 0.5) is 16.0 Å². The Labute approximate surface area is 237 Å². The molecule has 4 rings (SSSR count). The molecule has 2 aromatic heterocycles. The van der Waals surface area contributed by atoms with Crippen LogP contribution in [-0.2, 0) is 10.0 Å². The van der Waals surface area contributed by atoms with E-state index >= 15 is 0 Å². The smallest absolute Gasteiger partial charge is 0.281 e. The quantitative estimate of drug-likeness (QED) is 0.375. The molecule has 0 bridgehead atoms. The van der Waals surface area contributed by atoms with Gasteiger partial charge in [0.25, 0.3) is 15.9 Å². The Hall–Kier alpha value is -3.51. The van der Waals surface area contributed by atoms with Gasteiger partial charge >= 0.3 is 0 Å². The van der Waals surface area contributed by atoms with E-state index in [2.05, 4.69) is 19.9 Å². The number of ether oxygens (including phenoxy) is 1. The zero-order chi connectivity index (χ0) is 29.5. The summed E-state index contributed by atoms with van der Waals surface area (Å²) in [5.41, 5.74) is 6.10. The molecule has 1 atom stereocenters. The number of sulfonamides is 1. The second kappa shape index (κ2) is 10.8. The number of anilines is 2. The molecule has 40 heavy (non-hydrogen) atoms. The lowest BCUT2D eigenvalue weighted by molar-refractivity contribution is 0.0981. The maximum Gasteiger partial charge on any atom is 0.281 e. The molecule has 0 aliphatic carbocycles. The Balaban J connectivity index is 1.79. The van der Waals surface area contributed by atoms with Gasteiger partial charge in [-0.15, -0.1) is 0 Å². The van der Waals surface area contributed by atoms with Crippen molar-refractivity contribution in [1.82, 2.24) is 14.7 Å². The van der Waals surface area contributed by atoms with E-state index in [9.17, 15) is 17.6 Å². The number of nitrogens with zero attached hydrogens (tertiary/aromatic N) is 3. The fourth-order valence-corrected chi connectivity index (χ4v) is 6.42. The maximum absolute atomic E-state index is 14.6. The first-order chi connectivity index (χ1) is 18.6. The van der Waals surface area contributed by atoms with Crippen molar-refractivity contribution < 1.29 is 22.3 Å². The summed E-state index contributed by atoms with van der Waals surface area (Å²) in [4.78, 5) is 24.0. The summed E-state index contributed by atoms with van der Waals surface area (Å²) < 4.78 is 48.3. The van der Waals surface area contributed by atoms with Gasteiger partial charge in [-0.1, -0.05) is 26.8 Å². The van der Waals surface area contributed by atoms with Crippen LogP contribution in [0.3, 0.4) is 0 Å². The van der Waals surface area contributed by atoms with Crippen molar-refractivity contribution in [3.05, 3.63) is 59.9 Å². The van der Waals surface area contributed by atoms with E-state index < -0.39 is 27.3 Å². The average Bonchev–Trinajstić information content (AvgIpc) is 3.08. The van der Waals surface area contributed by atoms with Crippen LogP contribution in [0.25, 0.3) is 11.3 Å². The monoisotopic (exact) mass is 582 g/mol. The standard InChI is InChI=1S/C28H33FN5O4SSi/c1-17(2)14-38-20-12-18(11-19(29)13-20)22-10-9-21(25(31-22)34-16-28(5,40)15-27(34,3)4)26(35)33-39(36,37)24-8-6-7-23(30)32-24/h6-13,17H,14-16H2,1-5H3,(H2,30,32)(H,33,35)/t28-/m1/s1. The molecular weight excluding hydrogens is 549 g/mol. The Bertz CT molecular complexity index is 1550. The van der Waals surface area contributed by atoms with Gasteiger partial charge in [-0.25, -0.2) is 19.1 Å². The van der Waals surface area contributed by atoms with Crippen molar-refractivity contribution in [2.24, 2.45) is 5.92 Å². The predicted octanol–water partition coefficient (Wildman–Crippen LogP) is 4.35. The molecule has 3 aromatic rings. The number of rotatable bonds is 8. The molecule has 211 valence electrons. The average molecular weight is 583 g/mol. The Kier molecular flexibility index (Phi) is 7.96. The van der Waals surface area contributed by atoms with E-state index in [-0.39, 0.29) is 33.2 Å². The number of nitrogens with two attached hydrogens (primary N) is 1. The number of benzene rings is 1. The first-order valence-electron chi connectivity index (χ1n) is 12.8. The number of hydrogen-bond acceptors (Lipinski definition) is 8. The summed E-state index contributed by atoms with van der Waals surface area (Å²) in [5.74, 6) is -0.475. The van der Waals surface area contributed by atoms with E-state index in [0.29, 0.717) is 30.2 Å². The molecule has 1 saturated heterocycles. The maximum atomic E-state index is 14.6. The van der Waals surface area contributed by atoms with Gasteiger partial charge < -0.3 is 15.4 Å². The number of amides is 1. The van der Waals surface area contributed by atoms with Crippen molar-refractivity contribution in [1.29, 1.82) is 0 Å². The molecule has 1 fully saturated rings. The van der Waals surface area contributed by atoms with Gasteiger partial charge in [-0.2, -0.15) is 8.42 Å². The van der Waals surface area contributed by atoms with Crippen LogP contribution in [0.5, 0.6) is 5.75 Å². The molecule has 1 aliphatic heterocycles. The molecule has 0 unspecified atom stereocenters. The molecule has 0 spiro atoms. The van der Waals surface area contributed by atoms with Crippen LogP contribution in [0.2, 0.25) is 5.04 Å². The van der Waals surface area contributed by atoms with Crippen LogP contribution in [0.1, 0.15) is 51.4 Å². The summed E-state index contributed by atoms with van der Waals surface area (Å²) >= 11 is 0. The van der Waals surface area contributed by atoms with Crippen LogP contribution >= 0.6 is 0 Å². The van der Waals surface area contributed by atoms with Gasteiger partial charge in [0.2, 0.25) is 0 Å². The van der Waals surface area contributed by atoms with E-state index in [1.807, 2.05) is 39.5 Å². The first kappa shape index (κ1) is 29.5. The van der Waals surface area contributed by atoms with E-state index in [1.165, 1.54) is 36.4 Å². The van der Waals surface area contributed by atoms with Crippen LogP contribution < -0.4 is 20.1 Å². The minimum absolute atomic E-state index is 0.00378. The third-order valence-electron chi connectivity index (χ3n) is 6.43. The van der Waals surface area contributed by atoms with E-state index in [0.717, 1.165) is 6.42 Å². The number of pyridine rings is 2. The Morgan fingerprint density at radius 1 is 1.18 bits per heavy atom. The highest BCUT2D eigenvalue weighted by atomic mass is 32.2. The topological polar surface area (TPSA) is 128 Å². The number of carbonyl (C=O) groups excluding carboxylic acids is 1. The minimum Gasteiger partial charge on any atom is -0.493 e. The van der Waals surface area contributed by atoms with Crippen molar-refractivity contribution in [2.75, 3.05) is 23.8 Å². The number of hydrogen-bond donors (Lipinski definition) is 2. The second-order valence-electron chi connectivity index (χ2n) is 11.4.